The summed E-state index contributed by atoms with van der Waals surface area (Å²) in [4.78, 5) is 2.37. The lowest BCUT2D eigenvalue weighted by Crippen LogP contribution is -2.60. The van der Waals surface area contributed by atoms with E-state index in [2.05, 4.69) is 31.0 Å². The van der Waals surface area contributed by atoms with Crippen LogP contribution in [0.5, 0.6) is 5.75 Å². The van der Waals surface area contributed by atoms with Gasteiger partial charge in [-0.25, -0.2) is 8.42 Å². The fourth-order valence-corrected chi connectivity index (χ4v) is 4.84. The lowest BCUT2D eigenvalue weighted by Gasteiger charge is -2.43. The average Bonchev–Trinajstić information content (AvgIpc) is 3.07. The van der Waals surface area contributed by atoms with E-state index >= 15 is 0 Å². The van der Waals surface area contributed by atoms with Crippen molar-refractivity contribution in [2.24, 2.45) is 0 Å². The van der Waals surface area contributed by atoms with Crippen LogP contribution in [0.2, 0.25) is 0 Å². The Kier molecular flexibility index (Phi) is 4.58. The number of sulfonamides is 1. The SMILES string of the molecule is CN(C1CN(c2ccc(C(C)(C)C)nn2)C1)S(=O)(=O)c1ccc2c(c1)CCO2. The molecule has 150 valence electrons. The van der Waals surface area contributed by atoms with Gasteiger partial charge in [0.05, 0.1) is 23.2 Å². The zero-order chi connectivity index (χ0) is 20.1. The molecule has 0 N–H and O–H groups in total. The van der Waals surface area contributed by atoms with Crippen LogP contribution >= 0.6 is 0 Å². The maximum atomic E-state index is 13.0. The summed E-state index contributed by atoms with van der Waals surface area (Å²) in [5.41, 5.74) is 1.85. The fourth-order valence-electron chi connectivity index (χ4n) is 3.45. The smallest absolute Gasteiger partial charge is 0.243 e. The second-order valence-corrected chi connectivity index (χ2v) is 10.5. The fraction of sp³-hybridized carbons (Fsp3) is 0.500. The number of hydrogen-bond donors (Lipinski definition) is 0. The van der Waals surface area contributed by atoms with Crippen molar-refractivity contribution < 1.29 is 13.2 Å². The predicted octanol–water partition coefficient (Wildman–Crippen LogP) is 2.22. The molecular formula is C20H26N4O3S. The predicted molar refractivity (Wildman–Crippen MR) is 107 cm³/mol. The van der Waals surface area contributed by atoms with Crippen molar-refractivity contribution in [1.82, 2.24) is 14.5 Å². The van der Waals surface area contributed by atoms with E-state index in [9.17, 15) is 8.42 Å². The van der Waals surface area contributed by atoms with Crippen molar-refractivity contribution in [2.75, 3.05) is 31.6 Å². The molecule has 8 heteroatoms. The normalized spacial score (nSPS) is 17.4. The highest BCUT2D eigenvalue weighted by atomic mass is 32.2. The Morgan fingerprint density at radius 3 is 2.54 bits per heavy atom. The Hall–Kier alpha value is -2.19. The van der Waals surface area contributed by atoms with Crippen molar-refractivity contribution in [3.63, 3.8) is 0 Å². The lowest BCUT2D eigenvalue weighted by atomic mass is 9.92. The van der Waals surface area contributed by atoms with Gasteiger partial charge in [0, 0.05) is 32.0 Å². The number of benzene rings is 1. The Morgan fingerprint density at radius 2 is 1.89 bits per heavy atom. The molecule has 0 atom stereocenters. The van der Waals surface area contributed by atoms with Crippen molar-refractivity contribution >= 4 is 15.8 Å². The molecule has 1 fully saturated rings. The van der Waals surface area contributed by atoms with E-state index in [1.54, 1.807) is 25.2 Å². The number of nitrogens with zero attached hydrogens (tertiary/aromatic N) is 4. The quantitative estimate of drug-likeness (QED) is 0.781. The first-order chi connectivity index (χ1) is 13.2. The third-order valence-corrected chi connectivity index (χ3v) is 7.36. The molecule has 0 amide bonds. The maximum Gasteiger partial charge on any atom is 0.243 e. The number of likely N-dealkylation sites (N-methyl/N-ethyl adjacent to an activating group) is 1. The minimum Gasteiger partial charge on any atom is -0.493 e. The molecule has 1 aromatic heterocycles. The van der Waals surface area contributed by atoms with Crippen LogP contribution < -0.4 is 9.64 Å². The summed E-state index contributed by atoms with van der Waals surface area (Å²) >= 11 is 0. The van der Waals surface area contributed by atoms with Crippen molar-refractivity contribution in [2.45, 2.75) is 43.5 Å². The van der Waals surface area contributed by atoms with Gasteiger partial charge in [0.25, 0.3) is 0 Å². The Bertz CT molecular complexity index is 978. The lowest BCUT2D eigenvalue weighted by molar-refractivity contribution is 0.309. The molecule has 0 radical (unpaired) electrons. The first kappa shape index (κ1) is 19.1. The van der Waals surface area contributed by atoms with Crippen molar-refractivity contribution in [1.29, 1.82) is 0 Å². The maximum absolute atomic E-state index is 13.0. The van der Waals surface area contributed by atoms with Gasteiger partial charge in [0.1, 0.15) is 5.75 Å². The topological polar surface area (TPSA) is 75.6 Å². The van der Waals surface area contributed by atoms with Crippen LogP contribution in [0.3, 0.4) is 0 Å². The van der Waals surface area contributed by atoms with Gasteiger partial charge < -0.3 is 9.64 Å². The summed E-state index contributed by atoms with van der Waals surface area (Å²) in [7, 11) is -1.89. The van der Waals surface area contributed by atoms with Gasteiger partial charge in [0.2, 0.25) is 10.0 Å². The van der Waals surface area contributed by atoms with Gasteiger partial charge in [-0.2, -0.15) is 9.40 Å². The van der Waals surface area contributed by atoms with Crippen LogP contribution in [-0.2, 0) is 21.9 Å². The minimum absolute atomic E-state index is 0.0434. The first-order valence-corrected chi connectivity index (χ1v) is 10.9. The highest BCUT2D eigenvalue weighted by Gasteiger charge is 2.37. The van der Waals surface area contributed by atoms with Gasteiger partial charge in [-0.15, -0.1) is 5.10 Å². The van der Waals surface area contributed by atoms with Crippen LogP contribution in [0, 0.1) is 0 Å². The average molecular weight is 403 g/mol. The summed E-state index contributed by atoms with van der Waals surface area (Å²) in [6, 6.07) is 8.98. The van der Waals surface area contributed by atoms with Crippen LogP contribution in [-0.4, -0.2) is 55.7 Å². The summed E-state index contributed by atoms with van der Waals surface area (Å²) in [6.45, 7) is 8.12. The highest BCUT2D eigenvalue weighted by Crippen LogP contribution is 2.31. The molecule has 7 nitrogen and oxygen atoms in total. The highest BCUT2D eigenvalue weighted by molar-refractivity contribution is 7.89. The molecule has 0 saturated carbocycles. The summed E-state index contributed by atoms with van der Waals surface area (Å²) in [6.07, 6.45) is 0.753. The Labute approximate surface area is 166 Å². The standard InChI is InChI=1S/C20H26N4O3S/c1-20(2,3)18-7-8-19(22-21-18)24-12-15(13-24)23(4)28(25,26)16-5-6-17-14(11-16)9-10-27-17/h5-8,11,15H,9-10,12-13H2,1-4H3. The molecule has 2 aliphatic heterocycles. The molecule has 1 saturated heterocycles. The molecule has 0 bridgehead atoms. The second kappa shape index (κ2) is 6.70. The molecular weight excluding hydrogens is 376 g/mol. The number of aromatic nitrogens is 2. The Balaban J connectivity index is 1.44. The molecule has 0 spiro atoms. The van der Waals surface area contributed by atoms with E-state index in [0.29, 0.717) is 24.6 Å². The van der Waals surface area contributed by atoms with Crippen LogP contribution in [0.4, 0.5) is 5.82 Å². The third kappa shape index (κ3) is 3.35. The minimum atomic E-state index is -3.54. The number of rotatable bonds is 4. The number of fused-ring (bicyclic) bond motifs is 1. The second-order valence-electron chi connectivity index (χ2n) is 8.47. The molecule has 2 aromatic rings. The monoisotopic (exact) mass is 402 g/mol. The zero-order valence-corrected chi connectivity index (χ0v) is 17.5. The summed E-state index contributed by atoms with van der Waals surface area (Å²) < 4.78 is 32.9. The van der Waals surface area contributed by atoms with E-state index in [4.69, 9.17) is 4.74 Å². The number of anilines is 1. The van der Waals surface area contributed by atoms with Crippen LogP contribution in [0.25, 0.3) is 0 Å². The van der Waals surface area contributed by atoms with Crippen molar-refractivity contribution in [3.8, 4) is 5.75 Å². The van der Waals surface area contributed by atoms with Gasteiger partial charge in [-0.3, -0.25) is 0 Å². The van der Waals surface area contributed by atoms with Gasteiger partial charge in [-0.1, -0.05) is 20.8 Å². The first-order valence-electron chi connectivity index (χ1n) is 9.49. The molecule has 28 heavy (non-hydrogen) atoms. The van der Waals surface area contributed by atoms with E-state index in [-0.39, 0.29) is 11.5 Å². The molecule has 4 rings (SSSR count). The summed E-state index contributed by atoms with van der Waals surface area (Å²) in [5, 5.41) is 8.63. The number of hydrogen-bond acceptors (Lipinski definition) is 6. The molecule has 0 aliphatic carbocycles. The largest absolute Gasteiger partial charge is 0.493 e. The zero-order valence-electron chi connectivity index (χ0n) is 16.7. The van der Waals surface area contributed by atoms with E-state index in [1.165, 1.54) is 4.31 Å². The molecule has 0 unspecified atom stereocenters. The van der Waals surface area contributed by atoms with Gasteiger partial charge >= 0.3 is 0 Å². The van der Waals surface area contributed by atoms with Gasteiger partial charge in [0.15, 0.2) is 5.82 Å². The van der Waals surface area contributed by atoms with Crippen LogP contribution in [0.15, 0.2) is 35.2 Å². The molecule has 2 aliphatic rings. The number of ether oxygens (including phenoxy) is 1. The summed E-state index contributed by atoms with van der Waals surface area (Å²) in [5.74, 6) is 1.57. The van der Waals surface area contributed by atoms with Crippen LogP contribution in [0.1, 0.15) is 32.0 Å². The Morgan fingerprint density at radius 1 is 1.14 bits per heavy atom. The van der Waals surface area contributed by atoms with Crippen molar-refractivity contribution in [3.05, 3.63) is 41.6 Å². The third-order valence-electron chi connectivity index (χ3n) is 5.46. The molecule has 3 heterocycles. The van der Waals surface area contributed by atoms with E-state index < -0.39 is 10.0 Å². The van der Waals surface area contributed by atoms with E-state index in [1.807, 2.05) is 17.0 Å². The van der Waals surface area contributed by atoms with Gasteiger partial charge in [-0.05, 0) is 35.9 Å². The van der Waals surface area contributed by atoms with E-state index in [0.717, 1.165) is 29.2 Å². The molecule has 1 aromatic carbocycles.